The zero-order valence-corrected chi connectivity index (χ0v) is 13.5. The molecule has 1 saturated carbocycles. The number of nitrogens with two attached hydrogens (primary N) is 3. The minimum atomic E-state index is -1.00. The molecule has 9 nitrogen and oxygen atoms in total. The van der Waals surface area contributed by atoms with Crippen LogP contribution in [0, 0.1) is 0 Å². The quantitative estimate of drug-likeness (QED) is 0.307. The van der Waals surface area contributed by atoms with Gasteiger partial charge in [0.15, 0.2) is 0 Å². The second kappa shape index (κ2) is 7.86. The molecule has 2 aliphatic rings. The number of ether oxygens (including phenoxy) is 3. The van der Waals surface area contributed by atoms with Crippen LogP contribution in [0.5, 0.6) is 0 Å². The minimum absolute atomic E-state index is 0.235. The summed E-state index contributed by atoms with van der Waals surface area (Å²) in [4.78, 5) is 0. The van der Waals surface area contributed by atoms with Crippen LogP contribution in [0.4, 0.5) is 0 Å². The van der Waals surface area contributed by atoms with Crippen molar-refractivity contribution in [2.45, 2.75) is 55.3 Å². The molecular formula is C14H28N4O5. The molecular weight excluding hydrogens is 304 g/mol. The Kier molecular flexibility index (Phi) is 6.34. The van der Waals surface area contributed by atoms with Crippen LogP contribution in [0.25, 0.3) is 0 Å². The highest BCUT2D eigenvalue weighted by Crippen LogP contribution is 2.27. The molecule has 1 aliphatic heterocycles. The molecule has 0 bridgehead atoms. The largest absolute Gasteiger partial charge is 0.467 e. The second-order valence-electron chi connectivity index (χ2n) is 5.93. The van der Waals surface area contributed by atoms with Crippen LogP contribution in [0.1, 0.15) is 6.42 Å². The van der Waals surface area contributed by atoms with Gasteiger partial charge in [0.1, 0.15) is 18.0 Å². The molecule has 1 aliphatic carbocycles. The fourth-order valence-corrected chi connectivity index (χ4v) is 3.12. The van der Waals surface area contributed by atoms with E-state index in [0.29, 0.717) is 12.2 Å². The number of hydrogen-bond donors (Lipinski definition) is 6. The van der Waals surface area contributed by atoms with E-state index in [4.69, 9.17) is 31.4 Å². The molecule has 8 atom stereocenters. The van der Waals surface area contributed by atoms with Crippen LogP contribution in [0.15, 0.2) is 11.8 Å². The van der Waals surface area contributed by atoms with Gasteiger partial charge in [0, 0.05) is 7.11 Å². The highest BCUT2D eigenvalue weighted by Gasteiger charge is 2.50. The topological polar surface area (TPSA) is 158 Å². The van der Waals surface area contributed by atoms with Crippen molar-refractivity contribution in [2.24, 2.45) is 17.2 Å². The first-order valence-corrected chi connectivity index (χ1v) is 7.73. The van der Waals surface area contributed by atoms with Crippen LogP contribution in [0.2, 0.25) is 0 Å². The van der Waals surface area contributed by atoms with E-state index in [1.807, 2.05) is 6.08 Å². The number of aliphatic hydroxyl groups excluding tert-OH is 2. The van der Waals surface area contributed by atoms with Crippen LogP contribution < -0.4 is 22.5 Å². The Morgan fingerprint density at radius 3 is 2.57 bits per heavy atom. The average Bonchev–Trinajstić information content (AvgIpc) is 2.56. The molecule has 0 radical (unpaired) electrons. The van der Waals surface area contributed by atoms with E-state index in [9.17, 15) is 10.2 Å². The summed E-state index contributed by atoms with van der Waals surface area (Å²) in [6, 6.07) is -1.79. The van der Waals surface area contributed by atoms with Crippen molar-refractivity contribution in [3.8, 4) is 0 Å². The van der Waals surface area contributed by atoms with Crippen molar-refractivity contribution in [3.63, 3.8) is 0 Å². The van der Waals surface area contributed by atoms with Gasteiger partial charge in [0.2, 0.25) is 6.29 Å². The van der Waals surface area contributed by atoms with E-state index in [-0.39, 0.29) is 6.54 Å². The number of likely N-dealkylation sites (N-methyl/N-ethyl adjacent to an activating group) is 1. The SMILES string of the molecule is CN[C@@H]1[C@H](O)[C@@H](O[C@@H]2OC(CN)=CC[C@H]2N)[C@@H](N)[C@@H](O)[C@H]1OC. The zero-order valence-electron chi connectivity index (χ0n) is 13.5. The van der Waals surface area contributed by atoms with Gasteiger partial charge in [-0.25, -0.2) is 0 Å². The normalized spacial score (nSPS) is 44.6. The molecule has 0 aromatic rings. The lowest BCUT2D eigenvalue weighted by atomic mass is 9.81. The molecule has 0 amide bonds. The Balaban J connectivity index is 2.13. The molecule has 9 heteroatoms. The Hall–Kier alpha value is -0.780. The third-order valence-corrected chi connectivity index (χ3v) is 4.50. The Morgan fingerprint density at radius 2 is 2.00 bits per heavy atom. The number of aliphatic hydroxyl groups is 2. The maximum atomic E-state index is 10.6. The lowest BCUT2D eigenvalue weighted by Gasteiger charge is -2.47. The fourth-order valence-electron chi connectivity index (χ4n) is 3.12. The predicted molar refractivity (Wildman–Crippen MR) is 83.1 cm³/mol. The van der Waals surface area contributed by atoms with Crippen molar-refractivity contribution in [3.05, 3.63) is 11.8 Å². The summed E-state index contributed by atoms with van der Waals surface area (Å²) in [5.41, 5.74) is 17.6. The third kappa shape index (κ3) is 3.67. The Bertz CT molecular complexity index is 424. The van der Waals surface area contributed by atoms with E-state index in [0.717, 1.165) is 0 Å². The second-order valence-corrected chi connectivity index (χ2v) is 5.93. The molecule has 1 fully saturated rings. The molecule has 0 aromatic carbocycles. The van der Waals surface area contributed by atoms with Crippen molar-refractivity contribution in [2.75, 3.05) is 20.7 Å². The molecule has 0 saturated heterocycles. The molecule has 1 heterocycles. The number of nitrogens with one attached hydrogen (secondary N) is 1. The first-order chi connectivity index (χ1) is 10.9. The molecule has 0 spiro atoms. The number of rotatable bonds is 5. The van der Waals surface area contributed by atoms with Crippen LogP contribution in [-0.4, -0.2) is 79.7 Å². The smallest absolute Gasteiger partial charge is 0.215 e. The van der Waals surface area contributed by atoms with Crippen molar-refractivity contribution in [1.29, 1.82) is 0 Å². The van der Waals surface area contributed by atoms with E-state index >= 15 is 0 Å². The molecule has 0 aromatic heterocycles. The fraction of sp³-hybridized carbons (Fsp3) is 0.857. The first-order valence-electron chi connectivity index (χ1n) is 7.73. The molecule has 2 rings (SSSR count). The predicted octanol–water partition coefficient (Wildman–Crippen LogP) is -3.05. The summed E-state index contributed by atoms with van der Waals surface area (Å²) in [5, 5.41) is 23.8. The van der Waals surface area contributed by atoms with Gasteiger partial charge in [0.25, 0.3) is 0 Å². The van der Waals surface area contributed by atoms with E-state index in [2.05, 4.69) is 5.32 Å². The standard InChI is InChI=1S/C14H28N4O5/c1-18-9-11(20)12(8(17)10(19)13(9)21-2)23-14-7(16)4-3-6(5-15)22-14/h3,7-14,18-20H,4-5,15-17H2,1-2H3/t7-,8+,9-,10-,11+,12+,13+,14+/m1/s1. The van der Waals surface area contributed by atoms with Gasteiger partial charge in [-0.2, -0.15) is 0 Å². The van der Waals surface area contributed by atoms with Crippen molar-refractivity contribution >= 4 is 0 Å². The van der Waals surface area contributed by atoms with Gasteiger partial charge in [-0.3, -0.25) is 0 Å². The minimum Gasteiger partial charge on any atom is -0.467 e. The van der Waals surface area contributed by atoms with E-state index in [1.165, 1.54) is 7.11 Å². The van der Waals surface area contributed by atoms with Crippen LogP contribution in [0.3, 0.4) is 0 Å². The molecule has 0 unspecified atom stereocenters. The van der Waals surface area contributed by atoms with Gasteiger partial charge in [-0.1, -0.05) is 0 Å². The Morgan fingerprint density at radius 1 is 1.30 bits per heavy atom. The van der Waals surface area contributed by atoms with Crippen LogP contribution in [-0.2, 0) is 14.2 Å². The maximum absolute atomic E-state index is 10.6. The first kappa shape index (κ1) is 18.6. The molecule has 9 N–H and O–H groups in total. The van der Waals surface area contributed by atoms with Gasteiger partial charge in [0.05, 0.1) is 36.9 Å². The maximum Gasteiger partial charge on any atom is 0.215 e. The van der Waals surface area contributed by atoms with Crippen molar-refractivity contribution in [1.82, 2.24) is 5.32 Å². The third-order valence-electron chi connectivity index (χ3n) is 4.50. The summed E-state index contributed by atoms with van der Waals surface area (Å²) in [7, 11) is 3.12. The summed E-state index contributed by atoms with van der Waals surface area (Å²) >= 11 is 0. The highest BCUT2D eigenvalue weighted by molar-refractivity contribution is 5.06. The van der Waals surface area contributed by atoms with E-state index < -0.39 is 48.8 Å². The summed E-state index contributed by atoms with van der Waals surface area (Å²) in [5.74, 6) is 0.580. The number of hydrogen-bond acceptors (Lipinski definition) is 9. The van der Waals surface area contributed by atoms with Gasteiger partial charge in [-0.05, 0) is 19.5 Å². The number of methoxy groups -OCH3 is 1. The van der Waals surface area contributed by atoms with Gasteiger partial charge in [-0.15, -0.1) is 0 Å². The lowest BCUT2D eigenvalue weighted by Crippen LogP contribution is -2.71. The van der Waals surface area contributed by atoms with Crippen LogP contribution >= 0.6 is 0 Å². The van der Waals surface area contributed by atoms with Gasteiger partial charge >= 0.3 is 0 Å². The highest BCUT2D eigenvalue weighted by atomic mass is 16.7. The monoisotopic (exact) mass is 332 g/mol. The lowest BCUT2D eigenvalue weighted by molar-refractivity contribution is -0.230. The molecule has 23 heavy (non-hydrogen) atoms. The summed E-state index contributed by atoms with van der Waals surface area (Å²) in [6.45, 7) is 0.235. The summed E-state index contributed by atoms with van der Waals surface area (Å²) < 4.78 is 16.7. The zero-order chi connectivity index (χ0) is 17.1. The van der Waals surface area contributed by atoms with Crippen molar-refractivity contribution < 1.29 is 24.4 Å². The van der Waals surface area contributed by atoms with E-state index in [1.54, 1.807) is 7.05 Å². The summed E-state index contributed by atoms with van der Waals surface area (Å²) in [6.07, 6.45) is -1.93. The average molecular weight is 332 g/mol. The Labute approximate surface area is 135 Å². The molecule has 134 valence electrons. The van der Waals surface area contributed by atoms with Gasteiger partial charge < -0.3 is 46.9 Å².